The Kier molecular flexibility index (Phi) is 8.00. The third-order valence-corrected chi connectivity index (χ3v) is 5.21. The van der Waals surface area contributed by atoms with Crippen molar-refractivity contribution in [3.8, 4) is 0 Å². The minimum absolute atomic E-state index is 0.119. The van der Waals surface area contributed by atoms with Gasteiger partial charge < -0.3 is 14.8 Å². The van der Waals surface area contributed by atoms with Gasteiger partial charge in [-0.1, -0.05) is 30.3 Å². The minimum atomic E-state index is -2.22. The molecule has 0 saturated carbocycles. The highest BCUT2D eigenvalue weighted by Gasteiger charge is 2.38. The first kappa shape index (κ1) is 23.3. The van der Waals surface area contributed by atoms with Crippen LogP contribution in [0, 0.1) is 0 Å². The summed E-state index contributed by atoms with van der Waals surface area (Å²) in [6.45, 7) is 1.22. The summed E-state index contributed by atoms with van der Waals surface area (Å²) in [5, 5.41) is 4.36. The molecule has 0 aliphatic carbocycles. The number of thiocarbonyl (C=S) groups is 1. The molecule has 2 amide bonds. The van der Waals surface area contributed by atoms with Crippen molar-refractivity contribution in [2.45, 2.75) is 35.5 Å². The van der Waals surface area contributed by atoms with Crippen molar-refractivity contribution in [2.75, 3.05) is 19.7 Å². The van der Waals surface area contributed by atoms with Gasteiger partial charge in [0.05, 0.1) is 18.6 Å². The highest BCUT2D eigenvalue weighted by atomic mass is 35.6. The van der Waals surface area contributed by atoms with E-state index in [0.29, 0.717) is 26.0 Å². The topological polar surface area (TPSA) is 80.3 Å². The first-order chi connectivity index (χ1) is 14.2. The molecule has 3 rings (SSSR count). The molecule has 0 spiro atoms. The first-order valence-corrected chi connectivity index (χ1v) is 10.8. The molecule has 1 N–H and O–H groups in total. The SMILES string of the molecule is O=C([C@@H]1CC[C@@H](N(OCc2ccccc2)C(=O)OC(Cl)(Cl)Cl)CN1)N1CCOC1=S. The quantitative estimate of drug-likeness (QED) is 0.381. The third-order valence-electron chi connectivity index (χ3n) is 4.64. The van der Waals surface area contributed by atoms with Crippen LogP contribution in [0.1, 0.15) is 18.4 Å². The smallest absolute Gasteiger partial charge is 0.437 e. The zero-order chi connectivity index (χ0) is 21.7. The van der Waals surface area contributed by atoms with Gasteiger partial charge >= 0.3 is 10.1 Å². The third kappa shape index (κ3) is 6.32. The van der Waals surface area contributed by atoms with E-state index in [1.165, 1.54) is 4.90 Å². The monoisotopic (exact) mass is 495 g/mol. The predicted molar refractivity (Wildman–Crippen MR) is 115 cm³/mol. The second kappa shape index (κ2) is 10.3. The Bertz CT molecular complexity index is 772. The van der Waals surface area contributed by atoms with E-state index < -0.39 is 22.2 Å². The molecule has 2 fully saturated rings. The molecule has 164 valence electrons. The second-order valence-corrected chi connectivity index (χ2v) is 9.22. The fourth-order valence-corrected chi connectivity index (χ4v) is 3.67. The van der Waals surface area contributed by atoms with Gasteiger partial charge in [0.15, 0.2) is 0 Å². The van der Waals surface area contributed by atoms with E-state index in [2.05, 4.69) is 5.32 Å². The number of nitrogens with zero attached hydrogens (tertiary/aromatic N) is 2. The van der Waals surface area contributed by atoms with Crippen molar-refractivity contribution in [3.63, 3.8) is 0 Å². The Balaban J connectivity index is 1.62. The Morgan fingerprint density at radius 2 is 2.00 bits per heavy atom. The summed E-state index contributed by atoms with van der Waals surface area (Å²) in [6.07, 6.45) is -0.0136. The molecule has 0 unspecified atom stereocenters. The molecule has 12 heteroatoms. The molecule has 0 aromatic heterocycles. The van der Waals surface area contributed by atoms with E-state index >= 15 is 0 Å². The van der Waals surface area contributed by atoms with Gasteiger partial charge in [-0.15, -0.1) is 0 Å². The largest absolute Gasteiger partial charge is 0.469 e. The van der Waals surface area contributed by atoms with Crippen LogP contribution in [-0.4, -0.2) is 62.9 Å². The van der Waals surface area contributed by atoms with Gasteiger partial charge in [-0.3, -0.25) is 14.5 Å². The van der Waals surface area contributed by atoms with Crippen molar-refractivity contribution in [2.24, 2.45) is 0 Å². The lowest BCUT2D eigenvalue weighted by molar-refractivity contribution is -0.176. The zero-order valence-electron chi connectivity index (χ0n) is 15.8. The maximum Gasteiger partial charge on any atom is 0.437 e. The van der Waals surface area contributed by atoms with Crippen LogP contribution in [0.3, 0.4) is 0 Å². The number of hydrogen-bond donors (Lipinski definition) is 1. The van der Waals surface area contributed by atoms with Gasteiger partial charge in [-0.05, 0) is 65.4 Å². The summed E-state index contributed by atoms with van der Waals surface area (Å²) < 4.78 is 7.78. The van der Waals surface area contributed by atoms with Gasteiger partial charge in [-0.25, -0.2) is 4.79 Å². The summed E-state index contributed by atoms with van der Waals surface area (Å²) >= 11 is 21.8. The first-order valence-electron chi connectivity index (χ1n) is 9.22. The number of ether oxygens (including phenoxy) is 2. The fourth-order valence-electron chi connectivity index (χ4n) is 3.20. The van der Waals surface area contributed by atoms with Crippen LogP contribution in [0.25, 0.3) is 0 Å². The van der Waals surface area contributed by atoms with Crippen LogP contribution in [0.4, 0.5) is 4.79 Å². The molecule has 0 bridgehead atoms. The summed E-state index contributed by atoms with van der Waals surface area (Å²) in [4.78, 5) is 32.3. The summed E-state index contributed by atoms with van der Waals surface area (Å²) in [5.74, 6) is -0.156. The van der Waals surface area contributed by atoms with Gasteiger partial charge in [0.2, 0.25) is 5.91 Å². The van der Waals surface area contributed by atoms with Crippen LogP contribution < -0.4 is 5.32 Å². The summed E-state index contributed by atoms with van der Waals surface area (Å²) in [7, 11) is 0. The number of amides is 2. The average molecular weight is 497 g/mol. The van der Waals surface area contributed by atoms with E-state index in [1.54, 1.807) is 0 Å². The number of alkyl halides is 3. The molecular formula is C18H20Cl3N3O5S. The Morgan fingerprint density at radius 3 is 2.57 bits per heavy atom. The van der Waals surface area contributed by atoms with Gasteiger partial charge in [0.1, 0.15) is 13.2 Å². The van der Waals surface area contributed by atoms with Crippen LogP contribution >= 0.6 is 47.0 Å². The van der Waals surface area contributed by atoms with Gasteiger partial charge in [0.25, 0.3) is 5.17 Å². The van der Waals surface area contributed by atoms with E-state index in [1.807, 2.05) is 30.3 Å². The van der Waals surface area contributed by atoms with Crippen LogP contribution in [0.2, 0.25) is 0 Å². The van der Waals surface area contributed by atoms with Crippen LogP contribution in [0.15, 0.2) is 30.3 Å². The Labute approximate surface area is 194 Å². The number of carbonyl (C=O) groups excluding carboxylic acids is 2. The molecule has 1 aromatic carbocycles. The zero-order valence-corrected chi connectivity index (χ0v) is 18.8. The number of benzene rings is 1. The fraction of sp³-hybridized carbons (Fsp3) is 0.500. The van der Waals surface area contributed by atoms with Crippen molar-refractivity contribution in [1.29, 1.82) is 0 Å². The molecule has 30 heavy (non-hydrogen) atoms. The predicted octanol–water partition coefficient (Wildman–Crippen LogP) is 3.15. The highest BCUT2D eigenvalue weighted by Crippen LogP contribution is 2.29. The number of piperidine rings is 1. The van der Waals surface area contributed by atoms with Crippen molar-refractivity contribution in [3.05, 3.63) is 35.9 Å². The van der Waals surface area contributed by atoms with E-state index in [-0.39, 0.29) is 24.2 Å². The van der Waals surface area contributed by atoms with Crippen LogP contribution in [-0.2, 0) is 25.7 Å². The molecule has 2 heterocycles. The number of hydrogen-bond acceptors (Lipinski definition) is 7. The lowest BCUT2D eigenvalue weighted by Gasteiger charge is -2.36. The number of rotatable bonds is 5. The van der Waals surface area contributed by atoms with Crippen molar-refractivity contribution >= 4 is 64.2 Å². The van der Waals surface area contributed by atoms with E-state index in [4.69, 9.17) is 61.3 Å². The minimum Gasteiger partial charge on any atom is -0.469 e. The van der Waals surface area contributed by atoms with Crippen molar-refractivity contribution < 1.29 is 23.9 Å². The number of carbonyl (C=O) groups is 2. The Hall–Kier alpha value is -1.36. The molecule has 2 aliphatic heterocycles. The highest BCUT2D eigenvalue weighted by molar-refractivity contribution is 7.80. The molecule has 2 saturated heterocycles. The number of halogens is 3. The van der Waals surface area contributed by atoms with Gasteiger partial charge in [0, 0.05) is 6.54 Å². The molecule has 2 aliphatic rings. The molecule has 2 atom stereocenters. The normalized spacial score (nSPS) is 21.8. The van der Waals surface area contributed by atoms with E-state index in [0.717, 1.165) is 10.6 Å². The molecule has 1 aromatic rings. The van der Waals surface area contributed by atoms with Gasteiger partial charge in [-0.2, -0.15) is 5.06 Å². The van der Waals surface area contributed by atoms with E-state index in [9.17, 15) is 9.59 Å². The maximum atomic E-state index is 12.6. The average Bonchev–Trinajstić information content (AvgIpc) is 3.13. The van der Waals surface area contributed by atoms with Crippen LogP contribution in [0.5, 0.6) is 0 Å². The standard InChI is InChI=1S/C18H20Cl3N3O5S/c19-18(20,21)29-16(26)24(28-11-12-4-2-1-3-5-12)13-6-7-14(22-10-13)15(25)23-8-9-27-17(23)30/h1-5,13-14,22H,6-11H2/t13-,14+/m1/s1. The number of hydroxylamine groups is 2. The van der Waals surface area contributed by atoms with Crippen molar-refractivity contribution in [1.82, 2.24) is 15.3 Å². The summed E-state index contributed by atoms with van der Waals surface area (Å²) in [5.41, 5.74) is 0.851. The lowest BCUT2D eigenvalue weighted by atomic mass is 9.99. The maximum absolute atomic E-state index is 12.6. The molecular weight excluding hydrogens is 477 g/mol. The second-order valence-electron chi connectivity index (χ2n) is 6.69. The lowest BCUT2D eigenvalue weighted by Crippen LogP contribution is -2.56. The molecule has 8 nitrogen and oxygen atoms in total. The molecule has 0 radical (unpaired) electrons. The summed E-state index contributed by atoms with van der Waals surface area (Å²) in [6, 6.07) is 8.42. The number of nitrogens with one attached hydrogen (secondary N) is 1. The Morgan fingerprint density at radius 1 is 1.27 bits per heavy atom.